The van der Waals surface area contributed by atoms with Crippen LogP contribution in [0.5, 0.6) is 0 Å². The molecule has 2 atom stereocenters. The van der Waals surface area contributed by atoms with E-state index in [2.05, 4.69) is 6.92 Å². The Balaban J connectivity index is 2.05. The van der Waals surface area contributed by atoms with Crippen molar-refractivity contribution in [1.82, 2.24) is 0 Å². The van der Waals surface area contributed by atoms with Crippen LogP contribution in [0.4, 0.5) is 0 Å². The van der Waals surface area contributed by atoms with Gasteiger partial charge in [-0.15, -0.1) is 0 Å². The second-order valence-electron chi connectivity index (χ2n) is 4.92. The van der Waals surface area contributed by atoms with E-state index >= 15 is 0 Å². The molecule has 0 aromatic carbocycles. The van der Waals surface area contributed by atoms with Gasteiger partial charge in [-0.25, -0.2) is 0 Å². The first kappa shape index (κ1) is 8.28. The topological polar surface area (TPSA) is 17.1 Å². The molecule has 2 rings (SSSR count). The van der Waals surface area contributed by atoms with Gasteiger partial charge in [0.2, 0.25) is 0 Å². The van der Waals surface area contributed by atoms with Crippen LogP contribution < -0.4 is 0 Å². The van der Waals surface area contributed by atoms with Gasteiger partial charge in [0.05, 0.1) is 0 Å². The highest BCUT2D eigenvalue weighted by atomic mass is 16.1. The molecule has 2 saturated carbocycles. The van der Waals surface area contributed by atoms with Crippen molar-refractivity contribution in [1.29, 1.82) is 0 Å². The molecule has 1 spiro atoms. The second kappa shape index (κ2) is 2.86. The van der Waals surface area contributed by atoms with Gasteiger partial charge in [0, 0.05) is 12.8 Å². The molecule has 2 aliphatic rings. The largest absolute Gasteiger partial charge is 0.300 e. The summed E-state index contributed by atoms with van der Waals surface area (Å²) in [6.07, 6.45) is 8.23. The van der Waals surface area contributed by atoms with Gasteiger partial charge < -0.3 is 0 Å². The van der Waals surface area contributed by atoms with Crippen LogP contribution in [0, 0.1) is 11.3 Å². The van der Waals surface area contributed by atoms with E-state index in [1.165, 1.54) is 25.7 Å². The van der Waals surface area contributed by atoms with Crippen LogP contribution in [0.3, 0.4) is 0 Å². The monoisotopic (exact) mass is 166 g/mol. The lowest BCUT2D eigenvalue weighted by atomic mass is 9.72. The minimum absolute atomic E-state index is 0.467. The number of rotatable bonds is 0. The molecule has 0 bridgehead atoms. The predicted octanol–water partition coefficient (Wildman–Crippen LogP) is 2.94. The zero-order valence-electron chi connectivity index (χ0n) is 7.94. The first-order valence-corrected chi connectivity index (χ1v) is 5.22. The minimum atomic E-state index is 0.467. The number of hydrogen-bond donors (Lipinski definition) is 0. The van der Waals surface area contributed by atoms with Gasteiger partial charge in [0.15, 0.2) is 0 Å². The second-order valence-corrected chi connectivity index (χ2v) is 4.92. The van der Waals surface area contributed by atoms with Crippen molar-refractivity contribution < 1.29 is 4.79 Å². The maximum absolute atomic E-state index is 11.3. The lowest BCUT2D eigenvalue weighted by Gasteiger charge is -2.32. The molecule has 12 heavy (non-hydrogen) atoms. The van der Waals surface area contributed by atoms with Gasteiger partial charge in [-0.2, -0.15) is 0 Å². The van der Waals surface area contributed by atoms with Crippen LogP contribution in [0.15, 0.2) is 0 Å². The predicted molar refractivity (Wildman–Crippen MR) is 48.9 cm³/mol. The third-order valence-electron chi connectivity index (χ3n) is 3.68. The summed E-state index contributed by atoms with van der Waals surface area (Å²) in [4.78, 5) is 11.3. The third kappa shape index (κ3) is 1.41. The van der Waals surface area contributed by atoms with Crippen LogP contribution in [-0.4, -0.2) is 5.78 Å². The molecule has 0 aromatic rings. The molecule has 0 aromatic heterocycles. The summed E-state index contributed by atoms with van der Waals surface area (Å²) in [7, 11) is 0. The summed E-state index contributed by atoms with van der Waals surface area (Å²) in [6.45, 7) is 2.33. The van der Waals surface area contributed by atoms with Crippen molar-refractivity contribution in [3.63, 3.8) is 0 Å². The standard InChI is InChI=1S/C11H18O/c1-9-4-6-11(7-9)5-2-3-10(12)8-11/h9H,2-8H2,1H3/t9-,11+/m1/s1. The fraction of sp³-hybridized carbons (Fsp3) is 0.909. The molecular formula is C11H18O. The quantitative estimate of drug-likeness (QED) is 0.540. The zero-order chi connectivity index (χ0) is 8.60. The van der Waals surface area contributed by atoms with Gasteiger partial charge in [-0.05, 0) is 37.0 Å². The van der Waals surface area contributed by atoms with Gasteiger partial charge in [0.1, 0.15) is 5.78 Å². The van der Waals surface area contributed by atoms with Gasteiger partial charge in [0.25, 0.3) is 0 Å². The SMILES string of the molecule is C[C@@H]1CC[C@@]2(CCCC(=O)C2)C1. The summed E-state index contributed by atoms with van der Waals surface area (Å²) < 4.78 is 0. The molecular weight excluding hydrogens is 148 g/mol. The fourth-order valence-electron chi connectivity index (χ4n) is 3.14. The van der Waals surface area contributed by atoms with Crippen LogP contribution in [-0.2, 0) is 4.79 Å². The fourth-order valence-corrected chi connectivity index (χ4v) is 3.14. The molecule has 0 amide bonds. The highest BCUT2D eigenvalue weighted by Crippen LogP contribution is 2.50. The molecule has 0 N–H and O–H groups in total. The average Bonchev–Trinajstić information content (AvgIpc) is 2.32. The first-order valence-electron chi connectivity index (χ1n) is 5.22. The number of carbonyl (C=O) groups excluding carboxylic acids is 1. The van der Waals surface area contributed by atoms with E-state index in [-0.39, 0.29) is 0 Å². The molecule has 1 heteroatoms. The van der Waals surface area contributed by atoms with E-state index < -0.39 is 0 Å². The minimum Gasteiger partial charge on any atom is -0.300 e. The molecule has 2 fully saturated rings. The Kier molecular flexibility index (Phi) is 1.97. The van der Waals surface area contributed by atoms with Crippen LogP contribution in [0.25, 0.3) is 0 Å². The van der Waals surface area contributed by atoms with Crippen molar-refractivity contribution in [2.24, 2.45) is 11.3 Å². The summed E-state index contributed by atoms with van der Waals surface area (Å²) in [5, 5.41) is 0. The van der Waals surface area contributed by atoms with Gasteiger partial charge in [-0.3, -0.25) is 4.79 Å². The Hall–Kier alpha value is -0.330. The lowest BCUT2D eigenvalue weighted by molar-refractivity contribution is -0.123. The van der Waals surface area contributed by atoms with Gasteiger partial charge >= 0.3 is 0 Å². The van der Waals surface area contributed by atoms with Crippen molar-refractivity contribution in [2.45, 2.75) is 51.9 Å². The highest BCUT2D eigenvalue weighted by molar-refractivity contribution is 5.79. The molecule has 0 saturated heterocycles. The van der Waals surface area contributed by atoms with Crippen LogP contribution in [0.1, 0.15) is 51.9 Å². The average molecular weight is 166 g/mol. The maximum Gasteiger partial charge on any atom is 0.133 e. The summed E-state index contributed by atoms with van der Waals surface area (Å²) in [5.41, 5.74) is 0.467. The molecule has 0 radical (unpaired) electrons. The molecule has 0 heterocycles. The van der Waals surface area contributed by atoms with E-state index in [1.54, 1.807) is 0 Å². The zero-order valence-corrected chi connectivity index (χ0v) is 7.94. The molecule has 0 aliphatic heterocycles. The number of carbonyl (C=O) groups is 1. The Morgan fingerprint density at radius 3 is 2.83 bits per heavy atom. The summed E-state index contributed by atoms with van der Waals surface area (Å²) >= 11 is 0. The lowest BCUT2D eigenvalue weighted by Crippen LogP contribution is -2.26. The van der Waals surface area contributed by atoms with E-state index in [9.17, 15) is 4.79 Å². The third-order valence-corrected chi connectivity index (χ3v) is 3.68. The summed E-state index contributed by atoms with van der Waals surface area (Å²) in [6, 6.07) is 0. The van der Waals surface area contributed by atoms with E-state index in [1.807, 2.05) is 0 Å². The number of hydrogen-bond acceptors (Lipinski definition) is 1. The van der Waals surface area contributed by atoms with Crippen molar-refractivity contribution >= 4 is 5.78 Å². The number of ketones is 1. The van der Waals surface area contributed by atoms with E-state index in [4.69, 9.17) is 0 Å². The Labute approximate surface area is 74.5 Å². The Bertz CT molecular complexity index is 193. The van der Waals surface area contributed by atoms with Crippen molar-refractivity contribution in [3.8, 4) is 0 Å². The number of Topliss-reactive ketones (excluding diaryl/α,β-unsaturated/α-hetero) is 1. The Morgan fingerprint density at radius 1 is 1.42 bits per heavy atom. The molecule has 68 valence electrons. The van der Waals surface area contributed by atoms with Crippen molar-refractivity contribution in [3.05, 3.63) is 0 Å². The smallest absolute Gasteiger partial charge is 0.133 e. The van der Waals surface area contributed by atoms with Crippen molar-refractivity contribution in [2.75, 3.05) is 0 Å². The van der Waals surface area contributed by atoms with Crippen LogP contribution in [0.2, 0.25) is 0 Å². The van der Waals surface area contributed by atoms with E-state index in [0.717, 1.165) is 25.2 Å². The highest BCUT2D eigenvalue weighted by Gasteiger charge is 2.40. The van der Waals surface area contributed by atoms with Crippen LogP contribution >= 0.6 is 0 Å². The first-order chi connectivity index (χ1) is 5.70. The Morgan fingerprint density at radius 2 is 2.25 bits per heavy atom. The summed E-state index contributed by atoms with van der Waals surface area (Å²) in [5.74, 6) is 1.39. The van der Waals surface area contributed by atoms with Gasteiger partial charge in [-0.1, -0.05) is 13.3 Å². The maximum atomic E-state index is 11.3. The molecule has 1 nitrogen and oxygen atoms in total. The molecule has 2 aliphatic carbocycles. The normalized spacial score (nSPS) is 42.4. The molecule has 0 unspecified atom stereocenters. The van der Waals surface area contributed by atoms with E-state index in [0.29, 0.717) is 11.2 Å².